The highest BCUT2D eigenvalue weighted by molar-refractivity contribution is 7.90. The van der Waals surface area contributed by atoms with Crippen LogP contribution in [-0.2, 0) is 19.6 Å². The van der Waals surface area contributed by atoms with Crippen molar-refractivity contribution in [3.63, 3.8) is 0 Å². The lowest BCUT2D eigenvalue weighted by atomic mass is 10.1. The molecular weight excluding hydrogens is 248 g/mol. The Hall–Kier alpha value is -1.15. The lowest BCUT2D eigenvalue weighted by Gasteiger charge is -2.13. The standard InChI is InChI=1S/C9H18N2O5S/c1-3-4-5-7(9(13)14)11-8(12)6-17(15,16)10-2/h7,10H,3-6H2,1-2H3,(H,11,12)(H,13,14). The van der Waals surface area contributed by atoms with Gasteiger partial charge in [0, 0.05) is 0 Å². The number of hydrogen-bond acceptors (Lipinski definition) is 4. The third kappa shape index (κ3) is 6.90. The molecule has 0 spiro atoms. The van der Waals surface area contributed by atoms with Gasteiger partial charge in [-0.2, -0.15) is 0 Å². The third-order valence-corrected chi connectivity index (χ3v) is 3.38. The van der Waals surface area contributed by atoms with Gasteiger partial charge in [-0.3, -0.25) is 4.79 Å². The second-order valence-corrected chi connectivity index (χ2v) is 5.49. The zero-order valence-electron chi connectivity index (χ0n) is 9.89. The second-order valence-electron chi connectivity index (χ2n) is 3.56. The topological polar surface area (TPSA) is 113 Å². The SMILES string of the molecule is CCCCC(NC(=O)CS(=O)(=O)NC)C(=O)O. The number of aliphatic carboxylic acids is 1. The first kappa shape index (κ1) is 15.9. The van der Waals surface area contributed by atoms with Crippen molar-refractivity contribution >= 4 is 21.9 Å². The van der Waals surface area contributed by atoms with E-state index in [0.29, 0.717) is 6.42 Å². The maximum Gasteiger partial charge on any atom is 0.326 e. The summed E-state index contributed by atoms with van der Waals surface area (Å²) >= 11 is 0. The summed E-state index contributed by atoms with van der Waals surface area (Å²) in [6.07, 6.45) is 1.74. The van der Waals surface area contributed by atoms with E-state index in [1.807, 2.05) is 11.6 Å². The van der Waals surface area contributed by atoms with Crippen LogP contribution in [0.4, 0.5) is 0 Å². The minimum absolute atomic E-state index is 0.289. The average Bonchev–Trinajstić information content (AvgIpc) is 2.23. The Morgan fingerprint density at radius 1 is 1.35 bits per heavy atom. The maximum atomic E-state index is 11.3. The van der Waals surface area contributed by atoms with Crippen LogP contribution in [0.2, 0.25) is 0 Å². The molecule has 0 aliphatic carbocycles. The smallest absolute Gasteiger partial charge is 0.326 e. The number of unbranched alkanes of at least 4 members (excludes halogenated alkanes) is 1. The molecule has 17 heavy (non-hydrogen) atoms. The maximum absolute atomic E-state index is 11.3. The van der Waals surface area contributed by atoms with Gasteiger partial charge in [0.05, 0.1) is 0 Å². The zero-order valence-corrected chi connectivity index (χ0v) is 10.7. The van der Waals surface area contributed by atoms with Crippen molar-refractivity contribution in [2.75, 3.05) is 12.8 Å². The first-order valence-electron chi connectivity index (χ1n) is 5.25. The van der Waals surface area contributed by atoms with Crippen molar-refractivity contribution in [3.8, 4) is 0 Å². The molecule has 1 atom stereocenters. The van der Waals surface area contributed by atoms with Gasteiger partial charge in [0.25, 0.3) is 0 Å². The zero-order chi connectivity index (χ0) is 13.5. The van der Waals surface area contributed by atoms with Gasteiger partial charge in [-0.15, -0.1) is 0 Å². The fourth-order valence-electron chi connectivity index (χ4n) is 1.15. The van der Waals surface area contributed by atoms with Gasteiger partial charge in [0.15, 0.2) is 0 Å². The van der Waals surface area contributed by atoms with Crippen LogP contribution >= 0.6 is 0 Å². The molecule has 1 unspecified atom stereocenters. The normalized spacial score (nSPS) is 13.1. The number of nitrogens with one attached hydrogen (secondary N) is 2. The summed E-state index contributed by atoms with van der Waals surface area (Å²) in [5.41, 5.74) is 0. The van der Waals surface area contributed by atoms with Gasteiger partial charge in [0.1, 0.15) is 11.8 Å². The van der Waals surface area contributed by atoms with E-state index in [0.717, 1.165) is 6.42 Å². The van der Waals surface area contributed by atoms with E-state index in [-0.39, 0.29) is 6.42 Å². The highest BCUT2D eigenvalue weighted by Crippen LogP contribution is 2.01. The van der Waals surface area contributed by atoms with Crippen LogP contribution < -0.4 is 10.0 Å². The molecule has 0 bridgehead atoms. The van der Waals surface area contributed by atoms with Gasteiger partial charge in [-0.1, -0.05) is 19.8 Å². The predicted octanol–water partition coefficient (Wildman–Crippen LogP) is -0.705. The molecule has 0 saturated heterocycles. The minimum Gasteiger partial charge on any atom is -0.480 e. The monoisotopic (exact) mass is 266 g/mol. The number of rotatable bonds is 8. The molecule has 0 rings (SSSR count). The fourth-order valence-corrected chi connectivity index (χ4v) is 1.72. The third-order valence-electron chi connectivity index (χ3n) is 2.11. The van der Waals surface area contributed by atoms with E-state index >= 15 is 0 Å². The van der Waals surface area contributed by atoms with Gasteiger partial charge in [0.2, 0.25) is 15.9 Å². The van der Waals surface area contributed by atoms with Crippen molar-refractivity contribution < 1.29 is 23.1 Å². The van der Waals surface area contributed by atoms with E-state index in [1.54, 1.807) is 0 Å². The molecule has 7 nitrogen and oxygen atoms in total. The number of carbonyl (C=O) groups excluding carboxylic acids is 1. The van der Waals surface area contributed by atoms with Gasteiger partial charge >= 0.3 is 5.97 Å². The van der Waals surface area contributed by atoms with Crippen LogP contribution in [0.25, 0.3) is 0 Å². The highest BCUT2D eigenvalue weighted by Gasteiger charge is 2.22. The quantitative estimate of drug-likeness (QED) is 0.537. The second kappa shape index (κ2) is 7.23. The van der Waals surface area contributed by atoms with Crippen molar-refractivity contribution in [1.82, 2.24) is 10.0 Å². The molecule has 3 N–H and O–H groups in total. The van der Waals surface area contributed by atoms with Crippen molar-refractivity contribution in [3.05, 3.63) is 0 Å². The van der Waals surface area contributed by atoms with E-state index < -0.39 is 33.7 Å². The number of hydrogen-bond donors (Lipinski definition) is 3. The molecule has 0 aromatic carbocycles. The lowest BCUT2D eigenvalue weighted by molar-refractivity contribution is -0.141. The lowest BCUT2D eigenvalue weighted by Crippen LogP contribution is -2.44. The van der Waals surface area contributed by atoms with Crippen LogP contribution in [0.15, 0.2) is 0 Å². The molecular formula is C9H18N2O5S. The van der Waals surface area contributed by atoms with Crippen LogP contribution in [-0.4, -0.2) is 44.2 Å². The van der Waals surface area contributed by atoms with E-state index in [9.17, 15) is 18.0 Å². The Morgan fingerprint density at radius 2 is 1.94 bits per heavy atom. The molecule has 0 aliphatic rings. The van der Waals surface area contributed by atoms with Crippen molar-refractivity contribution in [1.29, 1.82) is 0 Å². The first-order chi connectivity index (χ1) is 7.82. The van der Waals surface area contributed by atoms with Crippen LogP contribution in [0.1, 0.15) is 26.2 Å². The number of sulfonamides is 1. The van der Waals surface area contributed by atoms with E-state index in [4.69, 9.17) is 5.11 Å². The number of carboxylic acids is 1. The number of carboxylic acid groups (broad SMARTS) is 1. The number of amides is 1. The minimum atomic E-state index is -3.67. The van der Waals surface area contributed by atoms with E-state index in [1.165, 1.54) is 7.05 Å². The van der Waals surface area contributed by atoms with Crippen LogP contribution in [0, 0.1) is 0 Å². The Labute approximate surface area is 101 Å². The summed E-state index contributed by atoms with van der Waals surface area (Å²) in [7, 11) is -2.48. The Bertz CT molecular complexity index is 366. The molecule has 0 saturated carbocycles. The van der Waals surface area contributed by atoms with Crippen molar-refractivity contribution in [2.24, 2.45) is 0 Å². The van der Waals surface area contributed by atoms with Crippen molar-refractivity contribution in [2.45, 2.75) is 32.2 Å². The molecule has 0 aliphatic heterocycles. The molecule has 0 aromatic rings. The van der Waals surface area contributed by atoms with E-state index in [2.05, 4.69) is 5.32 Å². The molecule has 0 radical (unpaired) electrons. The Morgan fingerprint density at radius 3 is 2.35 bits per heavy atom. The summed E-state index contributed by atoms with van der Waals surface area (Å²) < 4.78 is 24.1. The average molecular weight is 266 g/mol. The predicted molar refractivity (Wildman–Crippen MR) is 61.9 cm³/mol. The summed E-state index contributed by atoms with van der Waals surface area (Å²) in [6, 6.07) is -1.03. The van der Waals surface area contributed by atoms with Crippen LogP contribution in [0.3, 0.4) is 0 Å². The molecule has 1 amide bonds. The summed E-state index contributed by atoms with van der Waals surface area (Å²) in [4.78, 5) is 22.1. The molecule has 0 fully saturated rings. The molecule has 0 aromatic heterocycles. The van der Waals surface area contributed by atoms with Gasteiger partial charge in [-0.05, 0) is 13.5 Å². The van der Waals surface area contributed by atoms with Crippen LogP contribution in [0.5, 0.6) is 0 Å². The fraction of sp³-hybridized carbons (Fsp3) is 0.778. The Kier molecular flexibility index (Phi) is 6.74. The summed E-state index contributed by atoms with van der Waals surface area (Å²) in [5.74, 6) is -2.74. The molecule has 100 valence electrons. The molecule has 8 heteroatoms. The number of carbonyl (C=O) groups is 2. The molecule has 0 heterocycles. The Balaban J connectivity index is 4.36. The summed E-state index contributed by atoms with van der Waals surface area (Å²) in [5, 5.41) is 11.0. The van der Waals surface area contributed by atoms with Gasteiger partial charge < -0.3 is 10.4 Å². The first-order valence-corrected chi connectivity index (χ1v) is 6.91. The summed E-state index contributed by atoms with van der Waals surface area (Å²) in [6.45, 7) is 1.90. The largest absolute Gasteiger partial charge is 0.480 e. The van der Waals surface area contributed by atoms with Gasteiger partial charge in [-0.25, -0.2) is 17.9 Å². The highest BCUT2D eigenvalue weighted by atomic mass is 32.2.